The van der Waals surface area contributed by atoms with Gasteiger partial charge >= 0.3 is 0 Å². The predicted octanol–water partition coefficient (Wildman–Crippen LogP) is 3.55. The molecule has 0 radical (unpaired) electrons. The van der Waals surface area contributed by atoms with Crippen molar-refractivity contribution >= 4 is 23.4 Å². The van der Waals surface area contributed by atoms with E-state index in [2.05, 4.69) is 11.1 Å². The SMILES string of the molecule is CCN(C(=O)CSc1nc(C)cc(COC)c1C#N)c1ccccc1. The largest absolute Gasteiger partial charge is 0.380 e. The molecule has 2 aromatic rings. The average Bonchev–Trinajstić information content (AvgIpc) is 2.61. The third-order valence-corrected chi connectivity index (χ3v) is 4.59. The minimum Gasteiger partial charge on any atom is -0.380 e. The molecule has 0 aliphatic carbocycles. The second-order valence-electron chi connectivity index (χ2n) is 5.41. The van der Waals surface area contributed by atoms with E-state index >= 15 is 0 Å². The Balaban J connectivity index is 2.17. The number of nitrogens with zero attached hydrogens (tertiary/aromatic N) is 3. The van der Waals surface area contributed by atoms with Gasteiger partial charge in [-0.1, -0.05) is 30.0 Å². The van der Waals surface area contributed by atoms with Crippen LogP contribution in [0.1, 0.15) is 23.7 Å². The Labute approximate surface area is 152 Å². The Bertz CT molecular complexity index is 772. The number of amides is 1. The molecule has 6 heteroatoms. The number of rotatable bonds is 7. The summed E-state index contributed by atoms with van der Waals surface area (Å²) in [7, 11) is 1.59. The maximum Gasteiger partial charge on any atom is 0.237 e. The highest BCUT2D eigenvalue weighted by atomic mass is 32.2. The molecule has 1 amide bonds. The van der Waals surface area contributed by atoms with Crippen LogP contribution < -0.4 is 4.90 Å². The Morgan fingerprint density at radius 1 is 1.36 bits per heavy atom. The first kappa shape index (κ1) is 19.0. The molecule has 1 aromatic heterocycles. The fourth-order valence-electron chi connectivity index (χ4n) is 2.52. The first-order chi connectivity index (χ1) is 12.1. The zero-order valence-electron chi connectivity index (χ0n) is 14.7. The number of carbonyl (C=O) groups excluding carboxylic acids is 1. The highest BCUT2D eigenvalue weighted by Crippen LogP contribution is 2.25. The Morgan fingerprint density at radius 3 is 2.68 bits per heavy atom. The van der Waals surface area contributed by atoms with Crippen LogP contribution in [0.4, 0.5) is 5.69 Å². The van der Waals surface area contributed by atoms with Crippen LogP contribution in [0.5, 0.6) is 0 Å². The van der Waals surface area contributed by atoms with Crippen molar-refractivity contribution in [3.05, 3.63) is 53.2 Å². The predicted molar refractivity (Wildman–Crippen MR) is 99.6 cm³/mol. The summed E-state index contributed by atoms with van der Waals surface area (Å²) in [5, 5.41) is 10.0. The van der Waals surface area contributed by atoms with Crippen molar-refractivity contribution in [2.24, 2.45) is 0 Å². The maximum absolute atomic E-state index is 12.6. The summed E-state index contributed by atoms with van der Waals surface area (Å²) in [6, 6.07) is 13.6. The van der Waals surface area contributed by atoms with Gasteiger partial charge in [-0.3, -0.25) is 4.79 Å². The van der Waals surface area contributed by atoms with Crippen molar-refractivity contribution < 1.29 is 9.53 Å². The van der Waals surface area contributed by atoms with E-state index in [1.165, 1.54) is 11.8 Å². The highest BCUT2D eigenvalue weighted by molar-refractivity contribution is 8.00. The number of nitriles is 1. The number of ether oxygens (including phenoxy) is 1. The molecule has 5 nitrogen and oxygen atoms in total. The second-order valence-corrected chi connectivity index (χ2v) is 6.37. The van der Waals surface area contributed by atoms with E-state index in [1.807, 2.05) is 50.2 Å². The summed E-state index contributed by atoms with van der Waals surface area (Å²) in [6.07, 6.45) is 0. The van der Waals surface area contributed by atoms with E-state index in [0.717, 1.165) is 16.9 Å². The lowest BCUT2D eigenvalue weighted by atomic mass is 10.1. The molecule has 0 bridgehead atoms. The summed E-state index contributed by atoms with van der Waals surface area (Å²) in [6.45, 7) is 4.75. The number of aromatic nitrogens is 1. The van der Waals surface area contributed by atoms with E-state index in [-0.39, 0.29) is 11.7 Å². The number of carbonyl (C=O) groups is 1. The molecule has 2 rings (SSSR count). The Kier molecular flexibility index (Phi) is 6.99. The summed E-state index contributed by atoms with van der Waals surface area (Å²) < 4.78 is 5.16. The molecule has 0 aliphatic heterocycles. The number of pyridine rings is 1. The van der Waals surface area contributed by atoms with Gasteiger partial charge in [0.25, 0.3) is 0 Å². The molecule has 0 saturated carbocycles. The van der Waals surface area contributed by atoms with Gasteiger partial charge in [0, 0.05) is 25.0 Å². The van der Waals surface area contributed by atoms with Crippen molar-refractivity contribution in [3.8, 4) is 6.07 Å². The number of para-hydroxylation sites is 1. The third kappa shape index (κ3) is 4.81. The molecule has 0 fully saturated rings. The number of hydrogen-bond acceptors (Lipinski definition) is 5. The molecule has 0 N–H and O–H groups in total. The topological polar surface area (TPSA) is 66.2 Å². The molecule has 0 unspecified atom stereocenters. The number of hydrogen-bond donors (Lipinski definition) is 0. The maximum atomic E-state index is 12.6. The summed E-state index contributed by atoms with van der Waals surface area (Å²) in [5.41, 5.74) is 2.95. The Morgan fingerprint density at radius 2 is 2.08 bits per heavy atom. The van der Waals surface area contributed by atoms with Gasteiger partial charge in [0.1, 0.15) is 11.1 Å². The van der Waals surface area contributed by atoms with E-state index in [4.69, 9.17) is 4.74 Å². The van der Waals surface area contributed by atoms with Gasteiger partial charge in [0.15, 0.2) is 0 Å². The Hall–Kier alpha value is -2.36. The van der Waals surface area contributed by atoms with Gasteiger partial charge < -0.3 is 9.64 Å². The van der Waals surface area contributed by atoms with Crippen LogP contribution >= 0.6 is 11.8 Å². The van der Waals surface area contributed by atoms with Crippen LogP contribution in [0.15, 0.2) is 41.4 Å². The lowest BCUT2D eigenvalue weighted by Crippen LogP contribution is -2.32. The van der Waals surface area contributed by atoms with Gasteiger partial charge in [-0.2, -0.15) is 5.26 Å². The first-order valence-electron chi connectivity index (χ1n) is 7.98. The quantitative estimate of drug-likeness (QED) is 0.711. The van der Waals surface area contributed by atoms with Gasteiger partial charge in [-0.25, -0.2) is 4.98 Å². The van der Waals surface area contributed by atoms with E-state index < -0.39 is 0 Å². The number of anilines is 1. The van der Waals surface area contributed by atoms with Crippen LogP contribution in [-0.2, 0) is 16.1 Å². The molecule has 25 heavy (non-hydrogen) atoms. The third-order valence-electron chi connectivity index (χ3n) is 3.63. The van der Waals surface area contributed by atoms with Crippen LogP contribution in [0, 0.1) is 18.3 Å². The van der Waals surface area contributed by atoms with Crippen LogP contribution in [0.2, 0.25) is 0 Å². The normalized spacial score (nSPS) is 10.3. The second kappa shape index (κ2) is 9.21. The number of thioether (sulfide) groups is 1. The molecule has 0 aliphatic rings. The zero-order valence-corrected chi connectivity index (χ0v) is 15.5. The zero-order chi connectivity index (χ0) is 18.2. The molecular weight excluding hydrogens is 334 g/mol. The van der Waals surface area contributed by atoms with E-state index in [1.54, 1.807) is 12.0 Å². The van der Waals surface area contributed by atoms with Gasteiger partial charge in [0.2, 0.25) is 5.91 Å². The highest BCUT2D eigenvalue weighted by Gasteiger charge is 2.17. The molecule has 0 spiro atoms. The lowest BCUT2D eigenvalue weighted by Gasteiger charge is -2.21. The smallest absolute Gasteiger partial charge is 0.237 e. The number of aryl methyl sites for hydroxylation is 1. The summed E-state index contributed by atoms with van der Waals surface area (Å²) >= 11 is 1.29. The summed E-state index contributed by atoms with van der Waals surface area (Å²) in [5.74, 6) is 0.208. The average molecular weight is 355 g/mol. The fourth-order valence-corrected chi connectivity index (χ4v) is 3.47. The minimum absolute atomic E-state index is 0.0146. The molecule has 0 saturated heterocycles. The van der Waals surface area contributed by atoms with Crippen molar-refractivity contribution in [2.45, 2.75) is 25.5 Å². The first-order valence-corrected chi connectivity index (χ1v) is 8.97. The minimum atomic E-state index is -0.0146. The van der Waals surface area contributed by atoms with Gasteiger partial charge in [-0.05, 0) is 37.6 Å². The lowest BCUT2D eigenvalue weighted by molar-refractivity contribution is -0.116. The number of methoxy groups -OCH3 is 1. The van der Waals surface area contributed by atoms with E-state index in [0.29, 0.717) is 23.7 Å². The van der Waals surface area contributed by atoms with Crippen LogP contribution in [-0.4, -0.2) is 30.3 Å². The molecule has 1 aromatic carbocycles. The van der Waals surface area contributed by atoms with Crippen molar-refractivity contribution in [3.63, 3.8) is 0 Å². The fraction of sp³-hybridized carbons (Fsp3) is 0.316. The van der Waals surface area contributed by atoms with Crippen LogP contribution in [0.3, 0.4) is 0 Å². The van der Waals surface area contributed by atoms with Gasteiger partial charge in [0.05, 0.1) is 17.9 Å². The molecule has 130 valence electrons. The van der Waals surface area contributed by atoms with Crippen molar-refractivity contribution in [2.75, 3.05) is 24.3 Å². The molecular formula is C19H21N3O2S. The van der Waals surface area contributed by atoms with Gasteiger partial charge in [-0.15, -0.1) is 0 Å². The monoisotopic (exact) mass is 355 g/mol. The van der Waals surface area contributed by atoms with Crippen molar-refractivity contribution in [1.82, 2.24) is 4.98 Å². The van der Waals surface area contributed by atoms with E-state index in [9.17, 15) is 10.1 Å². The van der Waals surface area contributed by atoms with Crippen molar-refractivity contribution in [1.29, 1.82) is 5.26 Å². The number of benzene rings is 1. The van der Waals surface area contributed by atoms with Crippen LogP contribution in [0.25, 0.3) is 0 Å². The molecule has 0 atom stereocenters. The molecule has 1 heterocycles. The standard InChI is InChI=1S/C19H21N3O2S/c1-4-22(16-8-6-5-7-9-16)18(23)13-25-19-17(11-20)15(12-24-3)10-14(2)21-19/h5-10H,4,12-13H2,1-3H3. The summed E-state index contributed by atoms with van der Waals surface area (Å²) in [4.78, 5) is 18.8.